The van der Waals surface area contributed by atoms with Crippen LogP contribution in [0.2, 0.25) is 0 Å². The average molecular weight is 249 g/mol. The second-order valence-corrected chi connectivity index (χ2v) is 4.30. The summed E-state index contributed by atoms with van der Waals surface area (Å²) in [5.41, 5.74) is 5.37. The Morgan fingerprint density at radius 3 is 2.65 bits per heavy atom. The van der Waals surface area contributed by atoms with Crippen LogP contribution in [-0.2, 0) is 9.47 Å². The molecule has 17 heavy (non-hydrogen) atoms. The van der Waals surface area contributed by atoms with Crippen molar-refractivity contribution in [3.05, 3.63) is 0 Å². The number of aliphatic hydroxyl groups is 3. The van der Waals surface area contributed by atoms with Crippen LogP contribution in [0.15, 0.2) is 0 Å². The Hall–Kier alpha value is -0.240. The number of aliphatic hydroxyl groups excluding tert-OH is 3. The fraction of sp³-hybridized carbons (Fsp3) is 1.00. The molecule has 0 amide bonds. The largest absolute Gasteiger partial charge is 0.394 e. The Labute approximate surface area is 101 Å². The minimum absolute atomic E-state index is 0.231. The Balaban J connectivity index is 2.20. The van der Waals surface area contributed by atoms with Gasteiger partial charge in [-0.2, -0.15) is 0 Å². The van der Waals surface area contributed by atoms with Crippen LogP contribution >= 0.6 is 0 Å². The first-order valence-corrected chi connectivity index (χ1v) is 6.13. The van der Waals surface area contributed by atoms with Crippen LogP contribution in [0, 0.1) is 0 Å². The monoisotopic (exact) mass is 249 g/mol. The molecule has 0 spiro atoms. The van der Waals surface area contributed by atoms with Gasteiger partial charge in [0, 0.05) is 13.0 Å². The molecule has 0 aliphatic carbocycles. The lowest BCUT2D eigenvalue weighted by Crippen LogP contribution is -2.50. The van der Waals surface area contributed by atoms with Gasteiger partial charge in [-0.1, -0.05) is 0 Å². The molecule has 0 saturated carbocycles. The Bertz CT molecular complexity index is 204. The van der Waals surface area contributed by atoms with E-state index in [1.54, 1.807) is 0 Å². The lowest BCUT2D eigenvalue weighted by molar-refractivity contribution is -0.256. The molecule has 5 N–H and O–H groups in total. The summed E-state index contributed by atoms with van der Waals surface area (Å²) in [5.74, 6) is 0. The summed E-state index contributed by atoms with van der Waals surface area (Å²) < 4.78 is 10.8. The summed E-state index contributed by atoms with van der Waals surface area (Å²) in [7, 11) is 0. The van der Waals surface area contributed by atoms with Crippen molar-refractivity contribution in [2.75, 3.05) is 19.8 Å². The lowest BCUT2D eigenvalue weighted by Gasteiger charge is -2.36. The van der Waals surface area contributed by atoms with Gasteiger partial charge >= 0.3 is 0 Å². The van der Waals surface area contributed by atoms with Gasteiger partial charge in [-0.15, -0.1) is 0 Å². The van der Waals surface area contributed by atoms with E-state index in [0.29, 0.717) is 13.2 Å². The van der Waals surface area contributed by atoms with Crippen molar-refractivity contribution in [2.45, 2.75) is 50.3 Å². The maximum atomic E-state index is 9.55. The SMILES string of the molecule is NCCCCCOC1CC(O)C(O)C(CO)O1. The van der Waals surface area contributed by atoms with E-state index in [1.807, 2.05) is 0 Å². The topological polar surface area (TPSA) is 105 Å². The van der Waals surface area contributed by atoms with E-state index in [-0.39, 0.29) is 13.0 Å². The van der Waals surface area contributed by atoms with Crippen molar-refractivity contribution < 1.29 is 24.8 Å². The Morgan fingerprint density at radius 1 is 1.24 bits per heavy atom. The number of hydrogen-bond acceptors (Lipinski definition) is 6. The first kappa shape index (κ1) is 14.8. The molecule has 6 nitrogen and oxygen atoms in total. The highest BCUT2D eigenvalue weighted by atomic mass is 16.7. The van der Waals surface area contributed by atoms with E-state index < -0.39 is 24.6 Å². The summed E-state index contributed by atoms with van der Waals surface area (Å²) in [6, 6.07) is 0. The predicted octanol–water partition coefficient (Wildman–Crippen LogP) is -1.04. The van der Waals surface area contributed by atoms with Crippen molar-refractivity contribution >= 4 is 0 Å². The Morgan fingerprint density at radius 2 is 2.00 bits per heavy atom. The van der Waals surface area contributed by atoms with Gasteiger partial charge in [0.15, 0.2) is 6.29 Å². The maximum absolute atomic E-state index is 9.55. The molecule has 1 aliphatic heterocycles. The van der Waals surface area contributed by atoms with Gasteiger partial charge < -0.3 is 30.5 Å². The molecule has 1 heterocycles. The van der Waals surface area contributed by atoms with Crippen LogP contribution in [0.25, 0.3) is 0 Å². The zero-order valence-electron chi connectivity index (χ0n) is 9.99. The molecule has 102 valence electrons. The van der Waals surface area contributed by atoms with Gasteiger partial charge in [0.1, 0.15) is 12.2 Å². The summed E-state index contributed by atoms with van der Waals surface area (Å²) >= 11 is 0. The molecule has 6 heteroatoms. The van der Waals surface area contributed by atoms with Crippen LogP contribution < -0.4 is 5.73 Å². The zero-order valence-corrected chi connectivity index (χ0v) is 9.99. The molecule has 1 fully saturated rings. The van der Waals surface area contributed by atoms with Crippen molar-refractivity contribution in [1.82, 2.24) is 0 Å². The molecule has 0 aromatic rings. The third kappa shape index (κ3) is 4.87. The van der Waals surface area contributed by atoms with Crippen LogP contribution in [-0.4, -0.2) is 59.7 Å². The standard InChI is InChI=1S/C11H23NO5/c12-4-2-1-3-5-16-10-6-8(14)11(15)9(7-13)17-10/h8-11,13-15H,1-7,12H2. The quantitative estimate of drug-likeness (QED) is 0.430. The van der Waals surface area contributed by atoms with Crippen molar-refractivity contribution in [2.24, 2.45) is 5.73 Å². The summed E-state index contributed by atoms with van der Waals surface area (Å²) in [4.78, 5) is 0. The van der Waals surface area contributed by atoms with Crippen molar-refractivity contribution in [3.8, 4) is 0 Å². The smallest absolute Gasteiger partial charge is 0.160 e. The first-order chi connectivity index (χ1) is 8.19. The molecule has 0 aromatic heterocycles. The molecule has 0 aromatic carbocycles. The molecule has 1 rings (SSSR count). The maximum Gasteiger partial charge on any atom is 0.160 e. The van der Waals surface area contributed by atoms with Crippen LogP contribution in [0.4, 0.5) is 0 Å². The molecular formula is C11H23NO5. The first-order valence-electron chi connectivity index (χ1n) is 6.13. The normalized spacial score (nSPS) is 33.9. The van der Waals surface area contributed by atoms with Gasteiger partial charge in [0.25, 0.3) is 0 Å². The minimum atomic E-state index is -1.04. The highest BCUT2D eigenvalue weighted by molar-refractivity contribution is 4.82. The third-order valence-corrected chi connectivity index (χ3v) is 2.87. The average Bonchev–Trinajstić information content (AvgIpc) is 2.33. The highest BCUT2D eigenvalue weighted by Gasteiger charge is 2.36. The molecule has 1 saturated heterocycles. The van der Waals surface area contributed by atoms with E-state index in [4.69, 9.17) is 20.3 Å². The highest BCUT2D eigenvalue weighted by Crippen LogP contribution is 2.21. The predicted molar refractivity (Wildman–Crippen MR) is 61.2 cm³/mol. The second-order valence-electron chi connectivity index (χ2n) is 4.30. The number of nitrogens with two attached hydrogens (primary N) is 1. The fourth-order valence-electron chi connectivity index (χ4n) is 1.81. The van der Waals surface area contributed by atoms with E-state index >= 15 is 0 Å². The minimum Gasteiger partial charge on any atom is -0.394 e. The van der Waals surface area contributed by atoms with Crippen LogP contribution in [0.5, 0.6) is 0 Å². The van der Waals surface area contributed by atoms with Crippen molar-refractivity contribution in [1.29, 1.82) is 0 Å². The molecule has 0 radical (unpaired) electrons. The van der Waals surface area contributed by atoms with Gasteiger partial charge in [0.2, 0.25) is 0 Å². The molecule has 4 unspecified atom stereocenters. The molecular weight excluding hydrogens is 226 g/mol. The van der Waals surface area contributed by atoms with Gasteiger partial charge in [-0.3, -0.25) is 0 Å². The van der Waals surface area contributed by atoms with Crippen LogP contribution in [0.1, 0.15) is 25.7 Å². The van der Waals surface area contributed by atoms with E-state index in [1.165, 1.54) is 0 Å². The summed E-state index contributed by atoms with van der Waals surface area (Å²) in [5, 5.41) is 28.0. The Kier molecular flexibility index (Phi) is 6.94. The van der Waals surface area contributed by atoms with Gasteiger partial charge in [0.05, 0.1) is 12.7 Å². The summed E-state index contributed by atoms with van der Waals surface area (Å²) in [6.07, 6.45) is -0.190. The molecule has 0 bridgehead atoms. The number of unbranched alkanes of at least 4 members (excludes halogenated alkanes) is 2. The van der Waals surface area contributed by atoms with Crippen LogP contribution in [0.3, 0.4) is 0 Å². The van der Waals surface area contributed by atoms with E-state index in [9.17, 15) is 10.2 Å². The fourth-order valence-corrected chi connectivity index (χ4v) is 1.81. The third-order valence-electron chi connectivity index (χ3n) is 2.87. The number of hydrogen-bond donors (Lipinski definition) is 4. The zero-order chi connectivity index (χ0) is 12.7. The van der Waals surface area contributed by atoms with Gasteiger partial charge in [-0.25, -0.2) is 0 Å². The summed E-state index contributed by atoms with van der Waals surface area (Å²) in [6.45, 7) is 0.883. The number of ether oxygens (including phenoxy) is 2. The van der Waals surface area contributed by atoms with Crippen molar-refractivity contribution in [3.63, 3.8) is 0 Å². The molecule has 1 aliphatic rings. The van der Waals surface area contributed by atoms with E-state index in [0.717, 1.165) is 19.3 Å². The lowest BCUT2D eigenvalue weighted by atomic mass is 10.0. The van der Waals surface area contributed by atoms with E-state index in [2.05, 4.69) is 0 Å². The second kappa shape index (κ2) is 7.97. The molecule has 4 atom stereocenters. The number of rotatable bonds is 7. The van der Waals surface area contributed by atoms with Gasteiger partial charge in [-0.05, 0) is 25.8 Å².